The standard InChI is InChI=1S/C18H20ClF3N2/c1-3-6-15(4-2)24-17-16(18(20,21)22)10-13(11-23-17)12-7-5-8-14(19)9-12/h5,7-11,15H,3-4,6H2,1-2H3,(H,23,24). The van der Waals surface area contributed by atoms with Gasteiger partial charge in [-0.05, 0) is 36.6 Å². The number of nitrogens with zero attached hydrogens (tertiary/aromatic N) is 1. The lowest BCUT2D eigenvalue weighted by Crippen LogP contribution is -2.22. The van der Waals surface area contributed by atoms with Crippen LogP contribution >= 0.6 is 11.6 Å². The molecule has 2 rings (SSSR count). The molecule has 6 heteroatoms. The van der Waals surface area contributed by atoms with Crippen LogP contribution in [0.2, 0.25) is 5.02 Å². The van der Waals surface area contributed by atoms with Gasteiger partial charge in [0, 0.05) is 22.8 Å². The molecule has 0 aliphatic carbocycles. The van der Waals surface area contributed by atoms with Crippen LogP contribution in [-0.4, -0.2) is 11.0 Å². The van der Waals surface area contributed by atoms with E-state index in [0.717, 1.165) is 25.3 Å². The van der Waals surface area contributed by atoms with Crippen LogP contribution in [0, 0.1) is 0 Å². The minimum atomic E-state index is -4.48. The molecule has 1 heterocycles. The van der Waals surface area contributed by atoms with E-state index >= 15 is 0 Å². The number of halogens is 4. The SMILES string of the molecule is CCCC(CC)Nc1ncc(-c2cccc(Cl)c2)cc1C(F)(F)F. The summed E-state index contributed by atoms with van der Waals surface area (Å²) in [6, 6.07) is 7.81. The Kier molecular flexibility index (Phi) is 6.10. The molecule has 0 saturated heterocycles. The Hall–Kier alpha value is -1.75. The van der Waals surface area contributed by atoms with Crippen molar-refractivity contribution in [2.24, 2.45) is 0 Å². The van der Waals surface area contributed by atoms with E-state index in [1.807, 2.05) is 13.8 Å². The van der Waals surface area contributed by atoms with E-state index in [9.17, 15) is 13.2 Å². The van der Waals surface area contributed by atoms with Gasteiger partial charge in [0.25, 0.3) is 0 Å². The Bertz CT molecular complexity index is 686. The molecular weight excluding hydrogens is 337 g/mol. The molecule has 0 aliphatic rings. The molecular formula is C18H20ClF3N2. The summed E-state index contributed by atoms with van der Waals surface area (Å²) in [5.74, 6) is -0.117. The maximum Gasteiger partial charge on any atom is 0.419 e. The van der Waals surface area contributed by atoms with Crippen molar-refractivity contribution < 1.29 is 13.2 Å². The molecule has 0 aliphatic heterocycles. The van der Waals surface area contributed by atoms with Crippen molar-refractivity contribution in [3.63, 3.8) is 0 Å². The molecule has 1 N–H and O–H groups in total. The minimum absolute atomic E-state index is 0.0272. The molecule has 0 saturated carbocycles. The third-order valence-corrected chi connectivity index (χ3v) is 4.06. The average molecular weight is 357 g/mol. The largest absolute Gasteiger partial charge is 0.419 e. The molecule has 0 fully saturated rings. The highest BCUT2D eigenvalue weighted by Crippen LogP contribution is 2.37. The first-order valence-electron chi connectivity index (χ1n) is 7.94. The summed E-state index contributed by atoms with van der Waals surface area (Å²) in [5, 5.41) is 3.41. The number of pyridine rings is 1. The summed E-state index contributed by atoms with van der Waals surface area (Å²) >= 11 is 5.92. The first-order valence-corrected chi connectivity index (χ1v) is 8.32. The van der Waals surface area contributed by atoms with Gasteiger partial charge in [0.05, 0.1) is 5.56 Å². The third kappa shape index (κ3) is 4.63. The summed E-state index contributed by atoms with van der Waals surface area (Å²) in [6.45, 7) is 3.95. The molecule has 0 bridgehead atoms. The maximum atomic E-state index is 13.5. The Morgan fingerprint density at radius 3 is 2.50 bits per heavy atom. The van der Waals surface area contributed by atoms with Crippen molar-refractivity contribution in [3.8, 4) is 11.1 Å². The predicted octanol–water partition coefficient (Wildman–Crippen LogP) is 6.41. The van der Waals surface area contributed by atoms with Crippen molar-refractivity contribution >= 4 is 17.4 Å². The average Bonchev–Trinajstić information content (AvgIpc) is 2.53. The fraction of sp³-hybridized carbons (Fsp3) is 0.389. The van der Waals surface area contributed by atoms with Gasteiger partial charge in [0.1, 0.15) is 5.82 Å². The smallest absolute Gasteiger partial charge is 0.367 e. The normalized spacial score (nSPS) is 12.9. The third-order valence-electron chi connectivity index (χ3n) is 3.82. The number of rotatable bonds is 6. The topological polar surface area (TPSA) is 24.9 Å². The lowest BCUT2D eigenvalue weighted by molar-refractivity contribution is -0.137. The highest BCUT2D eigenvalue weighted by molar-refractivity contribution is 6.30. The van der Waals surface area contributed by atoms with Crippen molar-refractivity contribution in [1.82, 2.24) is 4.98 Å². The molecule has 0 amide bonds. The van der Waals surface area contributed by atoms with Crippen molar-refractivity contribution in [1.29, 1.82) is 0 Å². The fourth-order valence-electron chi connectivity index (χ4n) is 2.54. The van der Waals surface area contributed by atoms with Crippen LogP contribution < -0.4 is 5.32 Å². The number of anilines is 1. The van der Waals surface area contributed by atoms with E-state index in [2.05, 4.69) is 10.3 Å². The molecule has 130 valence electrons. The summed E-state index contributed by atoms with van der Waals surface area (Å²) in [6.07, 6.45) is -0.599. The molecule has 24 heavy (non-hydrogen) atoms. The highest BCUT2D eigenvalue weighted by atomic mass is 35.5. The van der Waals surface area contributed by atoms with Gasteiger partial charge in [-0.15, -0.1) is 0 Å². The maximum absolute atomic E-state index is 13.5. The van der Waals surface area contributed by atoms with Crippen molar-refractivity contribution in [2.45, 2.75) is 45.3 Å². The first kappa shape index (κ1) is 18.6. The number of aromatic nitrogens is 1. The summed E-state index contributed by atoms with van der Waals surface area (Å²) in [4.78, 5) is 4.05. The van der Waals surface area contributed by atoms with Gasteiger partial charge in [-0.25, -0.2) is 4.98 Å². The lowest BCUT2D eigenvalue weighted by atomic mass is 10.0. The van der Waals surface area contributed by atoms with Gasteiger partial charge in [0.2, 0.25) is 0 Å². The van der Waals surface area contributed by atoms with Crippen LogP contribution in [-0.2, 0) is 6.18 Å². The number of alkyl halides is 3. The van der Waals surface area contributed by atoms with E-state index in [-0.39, 0.29) is 11.9 Å². The second kappa shape index (κ2) is 7.88. The van der Waals surface area contributed by atoms with E-state index in [4.69, 9.17) is 11.6 Å². The first-order chi connectivity index (χ1) is 11.3. The van der Waals surface area contributed by atoms with E-state index in [1.54, 1.807) is 24.3 Å². The summed E-state index contributed by atoms with van der Waals surface area (Å²) in [5.41, 5.74) is 0.237. The molecule has 1 atom stereocenters. The zero-order chi connectivity index (χ0) is 17.7. The van der Waals surface area contributed by atoms with Gasteiger partial charge in [-0.1, -0.05) is 44.0 Å². The molecule has 1 unspecified atom stereocenters. The lowest BCUT2D eigenvalue weighted by Gasteiger charge is -2.20. The Labute approximate surface area is 145 Å². The van der Waals surface area contributed by atoms with Gasteiger partial charge in [-0.2, -0.15) is 13.2 Å². The van der Waals surface area contributed by atoms with Crippen LogP contribution in [0.25, 0.3) is 11.1 Å². The van der Waals surface area contributed by atoms with E-state index in [0.29, 0.717) is 16.1 Å². The number of benzene rings is 1. The van der Waals surface area contributed by atoms with Crippen molar-refractivity contribution in [3.05, 3.63) is 47.1 Å². The van der Waals surface area contributed by atoms with Gasteiger partial charge in [0.15, 0.2) is 0 Å². The second-order valence-electron chi connectivity index (χ2n) is 5.67. The van der Waals surface area contributed by atoms with Crippen LogP contribution in [0.5, 0.6) is 0 Å². The zero-order valence-electron chi connectivity index (χ0n) is 13.6. The van der Waals surface area contributed by atoms with E-state index < -0.39 is 11.7 Å². The highest BCUT2D eigenvalue weighted by Gasteiger charge is 2.35. The Morgan fingerprint density at radius 2 is 1.92 bits per heavy atom. The van der Waals surface area contributed by atoms with Crippen LogP contribution in [0.3, 0.4) is 0 Å². The molecule has 1 aromatic heterocycles. The Morgan fingerprint density at radius 1 is 1.17 bits per heavy atom. The molecule has 0 radical (unpaired) electrons. The van der Waals surface area contributed by atoms with Crippen molar-refractivity contribution in [2.75, 3.05) is 5.32 Å². The zero-order valence-corrected chi connectivity index (χ0v) is 14.4. The monoisotopic (exact) mass is 356 g/mol. The summed E-state index contributed by atoms with van der Waals surface area (Å²) < 4.78 is 40.4. The predicted molar refractivity (Wildman–Crippen MR) is 92.3 cm³/mol. The minimum Gasteiger partial charge on any atom is -0.367 e. The number of nitrogens with one attached hydrogen (secondary N) is 1. The quantitative estimate of drug-likeness (QED) is 0.646. The van der Waals surface area contributed by atoms with E-state index in [1.165, 1.54) is 6.20 Å². The summed E-state index contributed by atoms with van der Waals surface area (Å²) in [7, 11) is 0. The van der Waals surface area contributed by atoms with Crippen LogP contribution in [0.4, 0.5) is 19.0 Å². The molecule has 0 spiro atoms. The van der Waals surface area contributed by atoms with Gasteiger partial charge < -0.3 is 5.32 Å². The molecule has 1 aromatic carbocycles. The van der Waals surface area contributed by atoms with Crippen LogP contribution in [0.15, 0.2) is 36.5 Å². The fourth-order valence-corrected chi connectivity index (χ4v) is 2.73. The van der Waals surface area contributed by atoms with Gasteiger partial charge >= 0.3 is 6.18 Å². The number of hydrogen-bond acceptors (Lipinski definition) is 2. The number of hydrogen-bond donors (Lipinski definition) is 1. The van der Waals surface area contributed by atoms with Gasteiger partial charge in [-0.3, -0.25) is 0 Å². The second-order valence-corrected chi connectivity index (χ2v) is 6.10. The van der Waals surface area contributed by atoms with Crippen LogP contribution in [0.1, 0.15) is 38.7 Å². The molecule has 2 aromatic rings. The molecule has 2 nitrogen and oxygen atoms in total. The Balaban J connectivity index is 2.42.